The number of aliphatic imine (C=N–C) groups is 1. The minimum atomic E-state index is -0.348. The summed E-state index contributed by atoms with van der Waals surface area (Å²) in [6, 6.07) is -0.228. The summed E-state index contributed by atoms with van der Waals surface area (Å²) in [5, 5.41) is 16.4. The number of amides is 2. The fourth-order valence-corrected chi connectivity index (χ4v) is 3.37. The van der Waals surface area contributed by atoms with E-state index in [1.165, 1.54) is 0 Å². The molecule has 2 aliphatic rings. The van der Waals surface area contributed by atoms with E-state index < -0.39 is 0 Å². The number of H-pyrrole nitrogens is 1. The van der Waals surface area contributed by atoms with Crippen molar-refractivity contribution >= 4 is 29.1 Å². The Hall–Kier alpha value is -2.33. The fourth-order valence-electron chi connectivity index (χ4n) is 3.06. The lowest BCUT2D eigenvalue weighted by atomic mass is 10.0. The predicted molar refractivity (Wildman–Crippen MR) is 92.6 cm³/mol. The maximum atomic E-state index is 12.5. The van der Waals surface area contributed by atoms with E-state index in [1.807, 2.05) is 6.92 Å². The average molecular weight is 382 g/mol. The predicted octanol–water partition coefficient (Wildman–Crippen LogP) is 0.250. The summed E-state index contributed by atoms with van der Waals surface area (Å²) in [6.45, 7) is 2.75. The molecule has 140 valence electrons. The number of rotatable bonds is 5. The number of hydrogen-bond donors (Lipinski definition) is 2. The van der Waals surface area contributed by atoms with Crippen LogP contribution in [-0.4, -0.2) is 75.4 Å². The molecule has 0 saturated carbocycles. The molecule has 1 saturated heterocycles. The van der Waals surface area contributed by atoms with Crippen LogP contribution in [0.15, 0.2) is 15.7 Å². The maximum Gasteiger partial charge on any atom is 0.295 e. The summed E-state index contributed by atoms with van der Waals surface area (Å²) in [7, 11) is 1.55. The second-order valence-electron chi connectivity index (χ2n) is 6.11. The Morgan fingerprint density at radius 3 is 2.88 bits per heavy atom. The topological polar surface area (TPSA) is 125 Å². The van der Waals surface area contributed by atoms with Gasteiger partial charge in [0.2, 0.25) is 0 Å². The summed E-state index contributed by atoms with van der Waals surface area (Å²) in [6.07, 6.45) is 1.42. The number of ether oxygens (including phenoxy) is 1. The Morgan fingerprint density at radius 2 is 2.27 bits per heavy atom. The van der Waals surface area contributed by atoms with Gasteiger partial charge in [0.1, 0.15) is 10.9 Å². The van der Waals surface area contributed by atoms with Gasteiger partial charge in [-0.25, -0.2) is 4.99 Å². The number of halogens is 1. The molecule has 0 aliphatic carbocycles. The number of allylic oxidation sites excluding steroid dienone is 1. The van der Waals surface area contributed by atoms with Crippen molar-refractivity contribution in [1.82, 2.24) is 30.8 Å². The number of piperidine rings is 1. The highest BCUT2D eigenvalue weighted by Gasteiger charge is 2.35. The summed E-state index contributed by atoms with van der Waals surface area (Å²) in [5.74, 6) is -0.568. The smallest absolute Gasteiger partial charge is 0.295 e. The lowest BCUT2D eigenvalue weighted by Crippen LogP contribution is -2.57. The first kappa shape index (κ1) is 18.5. The lowest BCUT2D eigenvalue weighted by molar-refractivity contribution is -0.117. The molecule has 1 aromatic rings. The van der Waals surface area contributed by atoms with Crippen molar-refractivity contribution in [2.45, 2.75) is 38.3 Å². The van der Waals surface area contributed by atoms with Crippen LogP contribution in [0.1, 0.15) is 36.8 Å². The molecule has 0 radical (unpaired) electrons. The molecule has 3 rings (SSSR count). The first-order chi connectivity index (χ1) is 12.5. The number of aromatic nitrogens is 4. The van der Waals surface area contributed by atoms with Crippen molar-refractivity contribution in [3.63, 3.8) is 0 Å². The average Bonchev–Trinajstić information content (AvgIpc) is 3.31. The lowest BCUT2D eigenvalue weighted by Gasteiger charge is -2.37. The molecule has 1 fully saturated rings. The number of nitrogens with zero attached hydrogens (tertiary/aromatic N) is 5. The summed E-state index contributed by atoms with van der Waals surface area (Å²) >= 11 is 6.04. The Labute approximate surface area is 155 Å². The van der Waals surface area contributed by atoms with Crippen LogP contribution in [0.5, 0.6) is 0 Å². The molecule has 1 aromatic heterocycles. The second kappa shape index (κ2) is 7.92. The van der Waals surface area contributed by atoms with Gasteiger partial charge in [0.05, 0.1) is 12.1 Å². The van der Waals surface area contributed by atoms with E-state index in [-0.39, 0.29) is 29.8 Å². The standard InChI is InChI=1S/C15H20ClN7O3/c1-3-8-6-10(17-12(8)16)14(24)18-9-4-5-23(7-11(9)26-2)15(25)13-19-21-22-20-13/h9,11H,3-7H2,1-2H3,(H,18,24)(H,19,20,21,22)/t9?,11-/m0/s1. The Kier molecular flexibility index (Phi) is 5.62. The third kappa shape index (κ3) is 3.75. The Balaban J connectivity index is 1.59. The summed E-state index contributed by atoms with van der Waals surface area (Å²) in [5.41, 5.74) is 1.37. The van der Waals surface area contributed by atoms with Gasteiger partial charge in [0.25, 0.3) is 17.6 Å². The largest absolute Gasteiger partial charge is 0.377 e. The molecule has 1 unspecified atom stereocenters. The first-order valence-electron chi connectivity index (χ1n) is 8.35. The number of hydrogen-bond acceptors (Lipinski definition) is 7. The van der Waals surface area contributed by atoms with Gasteiger partial charge >= 0.3 is 0 Å². The monoisotopic (exact) mass is 381 g/mol. The highest BCUT2D eigenvalue weighted by Crippen LogP contribution is 2.25. The van der Waals surface area contributed by atoms with Gasteiger partial charge in [-0.2, -0.15) is 5.21 Å². The van der Waals surface area contributed by atoms with Gasteiger partial charge in [-0.15, -0.1) is 10.2 Å². The third-order valence-electron chi connectivity index (χ3n) is 4.60. The number of carbonyl (C=O) groups is 2. The first-order valence-corrected chi connectivity index (χ1v) is 8.72. The molecule has 2 atom stereocenters. The highest BCUT2D eigenvalue weighted by atomic mass is 35.5. The van der Waals surface area contributed by atoms with Gasteiger partial charge in [-0.3, -0.25) is 9.59 Å². The van der Waals surface area contributed by atoms with Crippen molar-refractivity contribution in [2.24, 2.45) is 4.99 Å². The van der Waals surface area contributed by atoms with Gasteiger partial charge in [-0.1, -0.05) is 18.5 Å². The van der Waals surface area contributed by atoms with E-state index in [0.29, 0.717) is 36.8 Å². The minimum Gasteiger partial charge on any atom is -0.377 e. The van der Waals surface area contributed by atoms with Crippen LogP contribution in [-0.2, 0) is 9.53 Å². The molecule has 3 heterocycles. The Bertz CT molecular complexity index is 746. The van der Waals surface area contributed by atoms with Gasteiger partial charge in [0.15, 0.2) is 0 Å². The van der Waals surface area contributed by atoms with Crippen molar-refractivity contribution < 1.29 is 14.3 Å². The van der Waals surface area contributed by atoms with Crippen molar-refractivity contribution in [1.29, 1.82) is 0 Å². The van der Waals surface area contributed by atoms with Crippen molar-refractivity contribution in [2.75, 3.05) is 20.2 Å². The molecule has 2 N–H and O–H groups in total. The number of likely N-dealkylation sites (tertiary alicyclic amines) is 1. The molecule has 0 bridgehead atoms. The van der Waals surface area contributed by atoms with E-state index in [1.54, 1.807) is 12.0 Å². The zero-order chi connectivity index (χ0) is 18.7. The zero-order valence-electron chi connectivity index (χ0n) is 14.5. The number of methoxy groups -OCH3 is 1. The summed E-state index contributed by atoms with van der Waals surface area (Å²) < 4.78 is 5.48. The normalized spacial score (nSPS) is 23.2. The number of tetrazole rings is 1. The van der Waals surface area contributed by atoms with Crippen LogP contribution in [0.4, 0.5) is 0 Å². The van der Waals surface area contributed by atoms with Crippen LogP contribution in [0, 0.1) is 0 Å². The van der Waals surface area contributed by atoms with Crippen LogP contribution >= 0.6 is 11.6 Å². The van der Waals surface area contributed by atoms with E-state index in [9.17, 15) is 9.59 Å². The molecule has 26 heavy (non-hydrogen) atoms. The van der Waals surface area contributed by atoms with Gasteiger partial charge in [-0.05, 0) is 23.6 Å². The van der Waals surface area contributed by atoms with Crippen LogP contribution in [0.3, 0.4) is 0 Å². The van der Waals surface area contributed by atoms with Gasteiger partial charge in [0, 0.05) is 26.6 Å². The number of aromatic amines is 1. The molecule has 11 heteroatoms. The second-order valence-corrected chi connectivity index (χ2v) is 6.47. The molecule has 2 amide bonds. The van der Waals surface area contributed by atoms with Crippen LogP contribution in [0.2, 0.25) is 0 Å². The molecular formula is C15H20ClN7O3. The molecular weight excluding hydrogens is 362 g/mol. The minimum absolute atomic E-state index is 0.00969. The van der Waals surface area contributed by atoms with Crippen molar-refractivity contribution in [3.8, 4) is 0 Å². The highest BCUT2D eigenvalue weighted by molar-refractivity contribution is 6.43. The third-order valence-corrected chi connectivity index (χ3v) is 4.95. The molecule has 0 spiro atoms. The molecule has 2 aliphatic heterocycles. The molecule has 0 aromatic carbocycles. The molecule has 10 nitrogen and oxygen atoms in total. The fraction of sp³-hybridized carbons (Fsp3) is 0.600. The Morgan fingerprint density at radius 1 is 1.46 bits per heavy atom. The SMILES string of the molecule is CCC1=C(Cl)N=C(C(=O)NC2CCN(C(=O)c3nn[nH]n3)C[C@@H]2OC)C1. The maximum absolute atomic E-state index is 12.5. The van der Waals surface area contributed by atoms with E-state index in [2.05, 4.69) is 30.9 Å². The van der Waals surface area contributed by atoms with Gasteiger partial charge < -0.3 is 15.0 Å². The van der Waals surface area contributed by atoms with E-state index >= 15 is 0 Å². The summed E-state index contributed by atoms with van der Waals surface area (Å²) in [4.78, 5) is 30.5. The van der Waals surface area contributed by atoms with Crippen LogP contribution < -0.4 is 5.32 Å². The number of nitrogens with one attached hydrogen (secondary N) is 2. The van der Waals surface area contributed by atoms with Crippen molar-refractivity contribution in [3.05, 3.63) is 16.6 Å². The van der Waals surface area contributed by atoms with E-state index in [0.717, 1.165) is 12.0 Å². The van der Waals surface area contributed by atoms with Crippen LogP contribution in [0.25, 0.3) is 0 Å². The zero-order valence-corrected chi connectivity index (χ0v) is 15.3. The quantitative estimate of drug-likeness (QED) is 0.704. The number of carbonyl (C=O) groups excluding carboxylic acids is 2. The van der Waals surface area contributed by atoms with E-state index in [4.69, 9.17) is 16.3 Å².